The van der Waals surface area contributed by atoms with E-state index in [1.54, 1.807) is 0 Å². The maximum absolute atomic E-state index is 10.4. The van der Waals surface area contributed by atoms with Gasteiger partial charge in [0, 0.05) is 6.04 Å². The Bertz CT molecular complexity index is 466. The molecule has 0 aliphatic heterocycles. The highest BCUT2D eigenvalue weighted by atomic mass is 16.5. The average Bonchev–Trinajstić information content (AvgIpc) is 2.91. The molecule has 3 heteroatoms. The molecule has 3 rings (SSSR count). The second-order valence-electron chi connectivity index (χ2n) is 6.28. The van der Waals surface area contributed by atoms with E-state index < -0.39 is 5.60 Å². The molecular weight excluding hydrogens is 250 g/mol. The van der Waals surface area contributed by atoms with Gasteiger partial charge < -0.3 is 15.2 Å². The summed E-state index contributed by atoms with van der Waals surface area (Å²) in [5, 5.41) is 13.8. The lowest BCUT2D eigenvalue weighted by molar-refractivity contribution is 0.00105. The summed E-state index contributed by atoms with van der Waals surface area (Å²) in [5.41, 5.74) is 2.11. The normalized spacial score (nSPS) is 24.4. The number of nitrogens with one attached hydrogen (secondary N) is 1. The first-order valence-electron chi connectivity index (χ1n) is 7.86. The van der Waals surface area contributed by atoms with Gasteiger partial charge in [-0.2, -0.15) is 0 Å². The van der Waals surface area contributed by atoms with Crippen LogP contribution in [0.25, 0.3) is 0 Å². The molecule has 0 saturated heterocycles. The number of hydrogen-bond acceptors (Lipinski definition) is 3. The Morgan fingerprint density at radius 1 is 1.30 bits per heavy atom. The van der Waals surface area contributed by atoms with Crippen LogP contribution in [0.1, 0.15) is 55.7 Å². The summed E-state index contributed by atoms with van der Waals surface area (Å²) in [5.74, 6) is 0.975. The Morgan fingerprint density at radius 2 is 2.10 bits per heavy atom. The van der Waals surface area contributed by atoms with E-state index in [0.717, 1.165) is 37.9 Å². The fourth-order valence-corrected chi connectivity index (χ4v) is 3.64. The van der Waals surface area contributed by atoms with E-state index in [2.05, 4.69) is 23.5 Å². The van der Waals surface area contributed by atoms with Gasteiger partial charge in [-0.1, -0.05) is 25.0 Å². The monoisotopic (exact) mass is 275 g/mol. The van der Waals surface area contributed by atoms with Crippen LogP contribution >= 0.6 is 0 Å². The Kier molecular flexibility index (Phi) is 3.99. The fraction of sp³-hybridized carbons (Fsp3) is 0.647. The van der Waals surface area contributed by atoms with E-state index in [4.69, 9.17) is 4.74 Å². The first-order valence-corrected chi connectivity index (χ1v) is 7.86. The van der Waals surface area contributed by atoms with Crippen LogP contribution in [-0.4, -0.2) is 24.4 Å². The van der Waals surface area contributed by atoms with E-state index in [1.165, 1.54) is 24.0 Å². The molecule has 1 saturated carbocycles. The lowest BCUT2D eigenvalue weighted by atomic mass is 9.87. The number of benzene rings is 1. The van der Waals surface area contributed by atoms with E-state index in [0.29, 0.717) is 12.6 Å². The molecule has 20 heavy (non-hydrogen) atoms. The first kappa shape index (κ1) is 13.9. The largest absolute Gasteiger partial charge is 0.490 e. The van der Waals surface area contributed by atoms with E-state index in [-0.39, 0.29) is 0 Å². The molecule has 0 spiro atoms. The van der Waals surface area contributed by atoms with Crippen molar-refractivity contribution in [3.63, 3.8) is 0 Å². The summed E-state index contributed by atoms with van der Waals surface area (Å²) in [6.45, 7) is 0.438. The third kappa shape index (κ3) is 2.70. The zero-order valence-corrected chi connectivity index (χ0v) is 12.3. The van der Waals surface area contributed by atoms with Gasteiger partial charge in [-0.3, -0.25) is 0 Å². The number of ether oxygens (including phenoxy) is 1. The standard InChI is InChI=1S/C17H25NO2/c1-18-15-8-4-7-14-13(15)6-5-9-16(14)20-12-17(19)10-2-3-11-17/h5-6,9,15,18-19H,2-4,7-8,10-12H2,1H3. The van der Waals surface area contributed by atoms with Crippen LogP contribution in [-0.2, 0) is 6.42 Å². The van der Waals surface area contributed by atoms with Crippen LogP contribution in [0.4, 0.5) is 0 Å². The summed E-state index contributed by atoms with van der Waals surface area (Å²) >= 11 is 0. The zero-order chi connectivity index (χ0) is 14.0. The Hall–Kier alpha value is -1.06. The third-order valence-corrected chi connectivity index (χ3v) is 4.84. The molecule has 0 heterocycles. The fourth-order valence-electron chi connectivity index (χ4n) is 3.64. The van der Waals surface area contributed by atoms with Gasteiger partial charge in [-0.25, -0.2) is 0 Å². The van der Waals surface area contributed by atoms with Gasteiger partial charge in [-0.05, 0) is 56.3 Å². The summed E-state index contributed by atoms with van der Waals surface area (Å²) < 4.78 is 6.01. The quantitative estimate of drug-likeness (QED) is 0.887. The molecule has 3 nitrogen and oxygen atoms in total. The van der Waals surface area contributed by atoms with Gasteiger partial charge in [0.05, 0.1) is 5.60 Å². The topological polar surface area (TPSA) is 41.5 Å². The van der Waals surface area contributed by atoms with E-state index in [9.17, 15) is 5.11 Å². The minimum absolute atomic E-state index is 0.438. The number of fused-ring (bicyclic) bond motifs is 1. The average molecular weight is 275 g/mol. The van der Waals surface area contributed by atoms with Crippen molar-refractivity contribution in [3.05, 3.63) is 29.3 Å². The predicted molar refractivity (Wildman–Crippen MR) is 80.1 cm³/mol. The first-order chi connectivity index (χ1) is 9.72. The second-order valence-corrected chi connectivity index (χ2v) is 6.28. The molecule has 0 bridgehead atoms. The molecule has 2 aliphatic carbocycles. The van der Waals surface area contributed by atoms with Gasteiger partial charge in [0.15, 0.2) is 0 Å². The second kappa shape index (κ2) is 5.74. The SMILES string of the molecule is CNC1CCCc2c(OCC3(O)CCCC3)cccc21. The van der Waals surface area contributed by atoms with Crippen LogP contribution in [0, 0.1) is 0 Å². The highest BCUT2D eigenvalue weighted by Crippen LogP contribution is 2.36. The molecule has 1 atom stereocenters. The van der Waals surface area contributed by atoms with E-state index >= 15 is 0 Å². The Balaban J connectivity index is 1.77. The van der Waals surface area contributed by atoms with Crippen LogP contribution < -0.4 is 10.1 Å². The van der Waals surface area contributed by atoms with Crippen LogP contribution in [0.15, 0.2) is 18.2 Å². The van der Waals surface area contributed by atoms with Crippen molar-refractivity contribution in [1.29, 1.82) is 0 Å². The molecule has 0 radical (unpaired) electrons. The molecule has 110 valence electrons. The Morgan fingerprint density at radius 3 is 2.85 bits per heavy atom. The maximum atomic E-state index is 10.4. The van der Waals surface area contributed by atoms with Crippen molar-refractivity contribution in [3.8, 4) is 5.75 Å². The molecular formula is C17H25NO2. The highest BCUT2D eigenvalue weighted by Gasteiger charge is 2.32. The lowest BCUT2D eigenvalue weighted by Gasteiger charge is -2.28. The highest BCUT2D eigenvalue weighted by molar-refractivity contribution is 5.43. The maximum Gasteiger partial charge on any atom is 0.122 e. The smallest absolute Gasteiger partial charge is 0.122 e. The van der Waals surface area contributed by atoms with Crippen molar-refractivity contribution in [2.75, 3.05) is 13.7 Å². The van der Waals surface area contributed by atoms with E-state index in [1.807, 2.05) is 7.05 Å². The minimum Gasteiger partial charge on any atom is -0.490 e. The lowest BCUT2D eigenvalue weighted by Crippen LogP contribution is -2.32. The molecule has 2 aliphatic rings. The Labute approximate surface area is 121 Å². The zero-order valence-electron chi connectivity index (χ0n) is 12.3. The molecule has 0 amide bonds. The van der Waals surface area contributed by atoms with Crippen molar-refractivity contribution in [1.82, 2.24) is 5.32 Å². The molecule has 2 N–H and O–H groups in total. The van der Waals surface area contributed by atoms with Crippen LogP contribution in [0.5, 0.6) is 5.75 Å². The number of aliphatic hydroxyl groups is 1. The van der Waals surface area contributed by atoms with Gasteiger partial charge in [0.1, 0.15) is 12.4 Å². The molecule has 1 aromatic rings. The van der Waals surface area contributed by atoms with Crippen LogP contribution in [0.3, 0.4) is 0 Å². The van der Waals surface area contributed by atoms with Crippen LogP contribution in [0.2, 0.25) is 0 Å². The van der Waals surface area contributed by atoms with Crippen molar-refractivity contribution >= 4 is 0 Å². The molecule has 1 unspecified atom stereocenters. The number of rotatable bonds is 4. The minimum atomic E-state index is -0.597. The summed E-state index contributed by atoms with van der Waals surface area (Å²) in [4.78, 5) is 0. The van der Waals surface area contributed by atoms with Crippen molar-refractivity contribution in [2.24, 2.45) is 0 Å². The van der Waals surface area contributed by atoms with Gasteiger partial charge in [-0.15, -0.1) is 0 Å². The summed E-state index contributed by atoms with van der Waals surface area (Å²) in [6, 6.07) is 6.77. The van der Waals surface area contributed by atoms with Crippen molar-refractivity contribution < 1.29 is 9.84 Å². The van der Waals surface area contributed by atoms with Gasteiger partial charge in [0.25, 0.3) is 0 Å². The molecule has 1 aromatic carbocycles. The number of hydrogen-bond donors (Lipinski definition) is 2. The third-order valence-electron chi connectivity index (χ3n) is 4.84. The summed E-state index contributed by atoms with van der Waals surface area (Å²) in [6.07, 6.45) is 7.47. The molecule has 1 fully saturated rings. The predicted octanol–water partition coefficient (Wildman–Crippen LogP) is 2.97. The summed E-state index contributed by atoms with van der Waals surface area (Å²) in [7, 11) is 2.02. The molecule has 0 aromatic heterocycles. The van der Waals surface area contributed by atoms with Gasteiger partial charge >= 0.3 is 0 Å². The van der Waals surface area contributed by atoms with Crippen molar-refractivity contribution in [2.45, 2.75) is 56.6 Å². The van der Waals surface area contributed by atoms with Gasteiger partial charge in [0.2, 0.25) is 0 Å².